The molecule has 0 N–H and O–H groups in total. The van der Waals surface area contributed by atoms with E-state index in [1.165, 1.54) is 31.4 Å². The smallest absolute Gasteiger partial charge is 0.226 e. The van der Waals surface area contributed by atoms with Gasteiger partial charge in [-0.3, -0.25) is 4.79 Å². The molecular weight excluding hydrogens is 413 g/mol. The maximum Gasteiger partial charge on any atom is 0.226 e. The van der Waals surface area contributed by atoms with Crippen LogP contribution in [0.4, 0.5) is 4.39 Å². The van der Waals surface area contributed by atoms with E-state index in [-0.39, 0.29) is 40.5 Å². The van der Waals surface area contributed by atoms with Crippen molar-refractivity contribution in [3.05, 3.63) is 34.6 Å². The molecular formula is C22H31ClFNO3S. The summed E-state index contributed by atoms with van der Waals surface area (Å²) < 4.78 is 38.5. The molecule has 1 amide bonds. The minimum absolute atomic E-state index is 0.0281. The van der Waals surface area contributed by atoms with Gasteiger partial charge >= 0.3 is 0 Å². The highest BCUT2D eigenvalue weighted by Crippen LogP contribution is 2.35. The van der Waals surface area contributed by atoms with Gasteiger partial charge in [-0.2, -0.15) is 0 Å². The van der Waals surface area contributed by atoms with Crippen LogP contribution in [0.25, 0.3) is 0 Å². The lowest BCUT2D eigenvalue weighted by Crippen LogP contribution is -2.44. The predicted octanol–water partition coefficient (Wildman–Crippen LogP) is 4.99. The highest BCUT2D eigenvalue weighted by atomic mass is 35.5. The summed E-state index contributed by atoms with van der Waals surface area (Å²) in [4.78, 5) is 15.0. The minimum atomic E-state index is -3.16. The second-order valence-electron chi connectivity index (χ2n) is 8.58. The van der Waals surface area contributed by atoms with Gasteiger partial charge in [0, 0.05) is 22.5 Å². The summed E-state index contributed by atoms with van der Waals surface area (Å²) in [6.07, 6.45) is 7.76. The Hall–Kier alpha value is -1.14. The maximum atomic E-state index is 14.4. The number of nitrogens with zero attached hydrogens (tertiary/aromatic N) is 1. The quantitative estimate of drug-likeness (QED) is 0.596. The Morgan fingerprint density at radius 1 is 1.21 bits per heavy atom. The molecule has 162 valence electrons. The predicted molar refractivity (Wildman–Crippen MR) is 114 cm³/mol. The van der Waals surface area contributed by atoms with Crippen molar-refractivity contribution in [2.24, 2.45) is 11.8 Å². The van der Waals surface area contributed by atoms with Gasteiger partial charge in [0.2, 0.25) is 5.91 Å². The van der Waals surface area contributed by atoms with E-state index in [0.29, 0.717) is 12.3 Å². The fourth-order valence-electron chi connectivity index (χ4n) is 4.69. The lowest BCUT2D eigenvalue weighted by molar-refractivity contribution is -0.139. The van der Waals surface area contributed by atoms with Crippen molar-refractivity contribution in [3.63, 3.8) is 0 Å². The van der Waals surface area contributed by atoms with Crippen LogP contribution in [0.2, 0.25) is 5.02 Å². The zero-order chi connectivity index (χ0) is 21.0. The van der Waals surface area contributed by atoms with Gasteiger partial charge in [0.1, 0.15) is 5.82 Å². The Balaban J connectivity index is 1.76. The summed E-state index contributed by atoms with van der Waals surface area (Å²) in [6.45, 7) is 2.22. The van der Waals surface area contributed by atoms with E-state index in [4.69, 9.17) is 11.6 Å². The maximum absolute atomic E-state index is 14.4. The summed E-state index contributed by atoms with van der Waals surface area (Å²) in [7, 11) is -3.16. The van der Waals surface area contributed by atoms with Gasteiger partial charge in [0.25, 0.3) is 0 Å². The van der Waals surface area contributed by atoms with E-state index in [0.717, 1.165) is 25.7 Å². The molecule has 2 aliphatic rings. The second kappa shape index (κ2) is 9.78. The monoisotopic (exact) mass is 443 g/mol. The largest absolute Gasteiger partial charge is 0.334 e. The number of carbonyl (C=O) groups is 1. The number of benzene rings is 1. The van der Waals surface area contributed by atoms with Gasteiger partial charge < -0.3 is 4.90 Å². The summed E-state index contributed by atoms with van der Waals surface area (Å²) >= 11 is 6.20. The van der Waals surface area contributed by atoms with Crippen LogP contribution in [0.5, 0.6) is 0 Å². The molecule has 3 rings (SSSR count). The van der Waals surface area contributed by atoms with Crippen LogP contribution in [0.15, 0.2) is 18.2 Å². The number of halogens is 2. The highest BCUT2D eigenvalue weighted by molar-refractivity contribution is 7.91. The Morgan fingerprint density at radius 2 is 1.93 bits per heavy atom. The van der Waals surface area contributed by atoms with Gasteiger partial charge in [-0.1, -0.05) is 43.9 Å². The first-order valence-corrected chi connectivity index (χ1v) is 12.9. The molecule has 1 saturated carbocycles. The third-order valence-corrected chi connectivity index (χ3v) is 8.59. The molecule has 4 nitrogen and oxygen atoms in total. The van der Waals surface area contributed by atoms with E-state index in [1.807, 2.05) is 0 Å². The van der Waals surface area contributed by atoms with Crippen molar-refractivity contribution in [1.29, 1.82) is 0 Å². The Morgan fingerprint density at radius 3 is 2.52 bits per heavy atom. The average molecular weight is 444 g/mol. The number of sulfone groups is 1. The summed E-state index contributed by atoms with van der Waals surface area (Å²) in [5.74, 6) is 0.106. The molecule has 7 heteroatoms. The molecule has 0 aromatic heterocycles. The van der Waals surface area contributed by atoms with Gasteiger partial charge in [-0.05, 0) is 50.2 Å². The molecule has 1 saturated heterocycles. The van der Waals surface area contributed by atoms with E-state index in [1.54, 1.807) is 11.0 Å². The first-order valence-electron chi connectivity index (χ1n) is 10.7. The lowest BCUT2D eigenvalue weighted by Gasteiger charge is -2.35. The molecule has 1 aromatic rings. The van der Waals surface area contributed by atoms with Crippen molar-refractivity contribution in [2.75, 3.05) is 11.5 Å². The third kappa shape index (κ3) is 5.72. The lowest BCUT2D eigenvalue weighted by atomic mass is 9.79. The van der Waals surface area contributed by atoms with Crippen LogP contribution in [0.3, 0.4) is 0 Å². The van der Waals surface area contributed by atoms with Gasteiger partial charge in [-0.15, -0.1) is 0 Å². The number of amides is 1. The minimum Gasteiger partial charge on any atom is -0.334 e. The number of hydrogen-bond donors (Lipinski definition) is 0. The van der Waals surface area contributed by atoms with Crippen molar-refractivity contribution in [3.8, 4) is 0 Å². The summed E-state index contributed by atoms with van der Waals surface area (Å²) in [6, 6.07) is 4.06. The zero-order valence-electron chi connectivity index (χ0n) is 17.1. The average Bonchev–Trinajstić information content (AvgIpc) is 3.05. The molecule has 1 aliphatic carbocycles. The van der Waals surface area contributed by atoms with Gasteiger partial charge in [0.05, 0.1) is 18.1 Å². The molecule has 1 unspecified atom stereocenters. The van der Waals surface area contributed by atoms with Crippen LogP contribution in [0, 0.1) is 17.7 Å². The van der Waals surface area contributed by atoms with Crippen LogP contribution < -0.4 is 0 Å². The molecule has 1 heterocycles. The molecule has 1 atom stereocenters. The Labute approximate surface area is 178 Å². The number of hydrogen-bond acceptors (Lipinski definition) is 3. The molecule has 29 heavy (non-hydrogen) atoms. The van der Waals surface area contributed by atoms with Gasteiger partial charge in [0.15, 0.2) is 9.84 Å². The Bertz CT molecular complexity index is 801. The Kier molecular flexibility index (Phi) is 7.60. The van der Waals surface area contributed by atoms with Crippen LogP contribution >= 0.6 is 11.6 Å². The fraction of sp³-hybridized carbons (Fsp3) is 0.682. The van der Waals surface area contributed by atoms with Crippen molar-refractivity contribution in [1.82, 2.24) is 4.90 Å². The molecule has 0 bridgehead atoms. The van der Waals surface area contributed by atoms with Crippen LogP contribution in [-0.4, -0.2) is 36.8 Å². The van der Waals surface area contributed by atoms with E-state index < -0.39 is 21.7 Å². The van der Waals surface area contributed by atoms with Crippen molar-refractivity contribution in [2.45, 2.75) is 70.9 Å². The highest BCUT2D eigenvalue weighted by Gasteiger charge is 2.38. The van der Waals surface area contributed by atoms with Crippen LogP contribution in [-0.2, 0) is 21.2 Å². The van der Waals surface area contributed by atoms with Crippen molar-refractivity contribution < 1.29 is 17.6 Å². The molecule has 0 spiro atoms. The fourth-order valence-corrected chi connectivity index (χ4v) is 6.64. The van der Waals surface area contributed by atoms with E-state index >= 15 is 0 Å². The van der Waals surface area contributed by atoms with Gasteiger partial charge in [-0.25, -0.2) is 12.8 Å². The number of unbranched alkanes of at least 4 members (excludes halogenated alkanes) is 1. The molecule has 1 aliphatic heterocycles. The molecule has 1 aromatic carbocycles. The summed E-state index contributed by atoms with van der Waals surface area (Å²) in [5, 5.41) is 0.270. The number of carbonyl (C=O) groups excluding carboxylic acids is 1. The van der Waals surface area contributed by atoms with Crippen molar-refractivity contribution >= 4 is 27.3 Å². The topological polar surface area (TPSA) is 54.5 Å². The zero-order valence-corrected chi connectivity index (χ0v) is 18.7. The molecule has 0 radical (unpaired) electrons. The second-order valence-corrected chi connectivity index (χ2v) is 11.2. The first-order chi connectivity index (χ1) is 13.8. The first kappa shape index (κ1) is 22.5. The van der Waals surface area contributed by atoms with Crippen LogP contribution in [0.1, 0.15) is 63.9 Å². The molecule has 2 fully saturated rings. The summed E-state index contributed by atoms with van der Waals surface area (Å²) in [5.41, 5.74) is 0.267. The normalized spacial score (nSPS) is 26.4. The SMILES string of the molecule is CCCCC1CCC(C(=O)N(Cc2c(F)cccc2Cl)C2CCS(=O)(=O)C2)CC1. The van der Waals surface area contributed by atoms with E-state index in [2.05, 4.69) is 6.92 Å². The number of rotatable bonds is 7. The third-order valence-electron chi connectivity index (χ3n) is 6.48. The van der Waals surface area contributed by atoms with E-state index in [9.17, 15) is 17.6 Å². The standard InChI is InChI=1S/C22H31ClFNO3S/c1-2-3-5-16-8-10-17(11-9-16)22(26)25(18-12-13-29(27,28)15-18)14-19-20(23)6-4-7-21(19)24/h4,6-7,16-18H,2-3,5,8-15H2,1H3.